The summed E-state index contributed by atoms with van der Waals surface area (Å²) in [5.41, 5.74) is 3.88. The van der Waals surface area contributed by atoms with Crippen molar-refractivity contribution in [3.63, 3.8) is 0 Å². The van der Waals surface area contributed by atoms with E-state index in [0.29, 0.717) is 12.2 Å². The molecule has 0 spiro atoms. The van der Waals surface area contributed by atoms with Gasteiger partial charge in [0.2, 0.25) is 5.91 Å². The molecule has 0 radical (unpaired) electrons. The molecule has 124 valence electrons. The van der Waals surface area contributed by atoms with Gasteiger partial charge in [0.25, 0.3) is 0 Å². The predicted octanol–water partition coefficient (Wildman–Crippen LogP) is 3.09. The van der Waals surface area contributed by atoms with Crippen molar-refractivity contribution in [3.8, 4) is 0 Å². The van der Waals surface area contributed by atoms with Crippen LogP contribution in [0.1, 0.15) is 18.1 Å². The Labute approximate surface area is 141 Å². The van der Waals surface area contributed by atoms with E-state index in [2.05, 4.69) is 10.6 Å². The van der Waals surface area contributed by atoms with Crippen LogP contribution >= 0.6 is 0 Å². The van der Waals surface area contributed by atoms with E-state index in [0.717, 1.165) is 17.7 Å². The minimum atomic E-state index is -0.596. The van der Waals surface area contributed by atoms with E-state index in [1.54, 1.807) is 11.8 Å². The van der Waals surface area contributed by atoms with Crippen LogP contribution in [0, 0.1) is 6.92 Å². The van der Waals surface area contributed by atoms with E-state index in [1.807, 2.05) is 55.5 Å². The molecule has 0 saturated heterocycles. The molecular formula is C19H21N3O2. The molecule has 0 aliphatic carbocycles. The third kappa shape index (κ3) is 3.40. The standard InChI is InChI=1S/C19H21N3O2/c1-13-6-5-8-16(12-13)21-19(24)20-14(2)18(23)22-11-10-15-7-3-4-9-17(15)22/h3-9,12,14H,10-11H2,1-2H3,(H2,20,21,24)/t14-/m1/s1. The Hall–Kier alpha value is -2.82. The number of urea groups is 1. The van der Waals surface area contributed by atoms with Crippen molar-refractivity contribution in [1.82, 2.24) is 5.32 Å². The van der Waals surface area contributed by atoms with Gasteiger partial charge < -0.3 is 15.5 Å². The molecule has 5 nitrogen and oxygen atoms in total. The number of carbonyl (C=O) groups is 2. The monoisotopic (exact) mass is 323 g/mol. The zero-order chi connectivity index (χ0) is 17.1. The number of fused-ring (bicyclic) bond motifs is 1. The molecule has 1 aliphatic heterocycles. The maximum atomic E-state index is 12.6. The van der Waals surface area contributed by atoms with E-state index in [4.69, 9.17) is 0 Å². The molecule has 2 aromatic rings. The van der Waals surface area contributed by atoms with Gasteiger partial charge >= 0.3 is 6.03 Å². The summed E-state index contributed by atoms with van der Waals surface area (Å²) in [6, 6.07) is 14.4. The molecule has 1 atom stereocenters. The molecule has 3 amide bonds. The largest absolute Gasteiger partial charge is 0.326 e. The third-order valence-corrected chi connectivity index (χ3v) is 4.15. The second-order valence-corrected chi connectivity index (χ2v) is 6.06. The normalized spacial score (nSPS) is 14.0. The Balaban J connectivity index is 1.61. The highest BCUT2D eigenvalue weighted by Gasteiger charge is 2.28. The Morgan fingerprint density at radius 1 is 1.12 bits per heavy atom. The molecule has 2 N–H and O–H groups in total. The lowest BCUT2D eigenvalue weighted by molar-refractivity contribution is -0.119. The zero-order valence-electron chi connectivity index (χ0n) is 13.9. The van der Waals surface area contributed by atoms with Crippen LogP contribution < -0.4 is 15.5 Å². The number of rotatable bonds is 3. The number of anilines is 2. The van der Waals surface area contributed by atoms with Crippen LogP contribution in [0.15, 0.2) is 48.5 Å². The first-order valence-electron chi connectivity index (χ1n) is 8.08. The van der Waals surface area contributed by atoms with Gasteiger partial charge in [0.1, 0.15) is 6.04 Å². The summed E-state index contributed by atoms with van der Waals surface area (Å²) in [5.74, 6) is -0.0978. The molecule has 1 aliphatic rings. The van der Waals surface area contributed by atoms with Gasteiger partial charge in [0.15, 0.2) is 0 Å². The first-order valence-corrected chi connectivity index (χ1v) is 8.08. The summed E-state index contributed by atoms with van der Waals surface area (Å²) < 4.78 is 0. The average Bonchev–Trinajstić information content (AvgIpc) is 2.98. The van der Waals surface area contributed by atoms with Gasteiger partial charge in [0, 0.05) is 17.9 Å². The van der Waals surface area contributed by atoms with Crippen molar-refractivity contribution in [1.29, 1.82) is 0 Å². The Morgan fingerprint density at radius 2 is 1.92 bits per heavy atom. The Morgan fingerprint density at radius 3 is 2.71 bits per heavy atom. The van der Waals surface area contributed by atoms with Crippen LogP contribution in [-0.2, 0) is 11.2 Å². The van der Waals surface area contributed by atoms with Crippen molar-refractivity contribution >= 4 is 23.3 Å². The highest BCUT2D eigenvalue weighted by Crippen LogP contribution is 2.27. The molecule has 0 saturated carbocycles. The van der Waals surface area contributed by atoms with Gasteiger partial charge in [-0.05, 0) is 49.6 Å². The van der Waals surface area contributed by atoms with Gasteiger partial charge in [-0.25, -0.2) is 4.79 Å². The Kier molecular flexibility index (Phi) is 4.51. The number of hydrogen-bond donors (Lipinski definition) is 2. The van der Waals surface area contributed by atoms with Crippen LogP contribution in [0.4, 0.5) is 16.2 Å². The average molecular weight is 323 g/mol. The van der Waals surface area contributed by atoms with Gasteiger partial charge in [-0.1, -0.05) is 30.3 Å². The highest BCUT2D eigenvalue weighted by molar-refractivity contribution is 6.01. The molecule has 1 heterocycles. The van der Waals surface area contributed by atoms with Crippen LogP contribution in [0.2, 0.25) is 0 Å². The van der Waals surface area contributed by atoms with E-state index < -0.39 is 6.04 Å². The molecule has 0 unspecified atom stereocenters. The second kappa shape index (κ2) is 6.74. The van der Waals surface area contributed by atoms with Crippen LogP contribution in [0.3, 0.4) is 0 Å². The maximum absolute atomic E-state index is 12.6. The summed E-state index contributed by atoms with van der Waals surface area (Å²) in [6.45, 7) is 4.32. The number of amides is 3. The van der Waals surface area contributed by atoms with Gasteiger partial charge in [-0.2, -0.15) is 0 Å². The molecule has 5 heteroatoms. The number of benzene rings is 2. The lowest BCUT2D eigenvalue weighted by Crippen LogP contribution is -2.47. The molecule has 3 rings (SSSR count). The van der Waals surface area contributed by atoms with Crippen molar-refractivity contribution in [3.05, 3.63) is 59.7 Å². The lowest BCUT2D eigenvalue weighted by Gasteiger charge is -2.22. The number of hydrogen-bond acceptors (Lipinski definition) is 2. The van der Waals surface area contributed by atoms with Crippen molar-refractivity contribution in [2.75, 3.05) is 16.8 Å². The molecule has 2 aromatic carbocycles. The van der Waals surface area contributed by atoms with Crippen LogP contribution in [0.25, 0.3) is 0 Å². The quantitative estimate of drug-likeness (QED) is 0.912. The smallest absolute Gasteiger partial charge is 0.319 e. The SMILES string of the molecule is Cc1cccc(NC(=O)N[C@H](C)C(=O)N2CCc3ccccc32)c1. The number of nitrogens with zero attached hydrogens (tertiary/aromatic N) is 1. The topological polar surface area (TPSA) is 61.4 Å². The van der Waals surface area contributed by atoms with Crippen molar-refractivity contribution in [2.45, 2.75) is 26.3 Å². The highest BCUT2D eigenvalue weighted by atomic mass is 16.2. The fourth-order valence-corrected chi connectivity index (χ4v) is 2.95. The fraction of sp³-hybridized carbons (Fsp3) is 0.263. The summed E-state index contributed by atoms with van der Waals surface area (Å²) in [5, 5.41) is 5.47. The maximum Gasteiger partial charge on any atom is 0.319 e. The van der Waals surface area contributed by atoms with Gasteiger partial charge in [-0.15, -0.1) is 0 Å². The summed E-state index contributed by atoms with van der Waals surface area (Å²) >= 11 is 0. The Bertz CT molecular complexity index is 773. The number of carbonyl (C=O) groups excluding carboxylic acids is 2. The summed E-state index contributed by atoms with van der Waals surface area (Å²) in [6.07, 6.45) is 0.851. The van der Waals surface area contributed by atoms with E-state index in [9.17, 15) is 9.59 Å². The summed E-state index contributed by atoms with van der Waals surface area (Å²) in [7, 11) is 0. The number of aryl methyl sites for hydroxylation is 1. The predicted molar refractivity (Wildman–Crippen MR) is 95.3 cm³/mol. The van der Waals surface area contributed by atoms with Crippen LogP contribution in [-0.4, -0.2) is 24.5 Å². The molecule has 24 heavy (non-hydrogen) atoms. The minimum Gasteiger partial charge on any atom is -0.326 e. The fourth-order valence-electron chi connectivity index (χ4n) is 2.95. The van der Waals surface area contributed by atoms with Crippen molar-refractivity contribution in [2.24, 2.45) is 0 Å². The van der Waals surface area contributed by atoms with E-state index in [-0.39, 0.29) is 11.9 Å². The zero-order valence-corrected chi connectivity index (χ0v) is 13.9. The van der Waals surface area contributed by atoms with Crippen LogP contribution in [0.5, 0.6) is 0 Å². The molecule has 0 bridgehead atoms. The van der Waals surface area contributed by atoms with Gasteiger partial charge in [-0.3, -0.25) is 4.79 Å². The third-order valence-electron chi connectivity index (χ3n) is 4.15. The first-order chi connectivity index (χ1) is 11.5. The second-order valence-electron chi connectivity index (χ2n) is 6.06. The number of nitrogens with one attached hydrogen (secondary N) is 2. The van der Waals surface area contributed by atoms with E-state index in [1.165, 1.54) is 5.56 Å². The molecule has 0 aromatic heterocycles. The first kappa shape index (κ1) is 16.1. The van der Waals surface area contributed by atoms with E-state index >= 15 is 0 Å². The number of para-hydroxylation sites is 1. The minimum absolute atomic E-state index is 0.0978. The molecule has 0 fully saturated rings. The van der Waals surface area contributed by atoms with Crippen molar-refractivity contribution < 1.29 is 9.59 Å². The molecular weight excluding hydrogens is 302 g/mol. The van der Waals surface area contributed by atoms with Gasteiger partial charge in [0.05, 0.1) is 0 Å². The lowest BCUT2D eigenvalue weighted by atomic mass is 10.2. The summed E-state index contributed by atoms with van der Waals surface area (Å²) in [4.78, 5) is 26.5.